The lowest BCUT2D eigenvalue weighted by atomic mass is 9.67. The first-order valence-electron chi connectivity index (χ1n) is 11.2. The van der Waals surface area contributed by atoms with Crippen LogP contribution in [0.15, 0.2) is 24.2 Å². The van der Waals surface area contributed by atoms with Gasteiger partial charge in [-0.1, -0.05) is 48.1 Å². The van der Waals surface area contributed by atoms with E-state index in [4.69, 9.17) is 23.7 Å². The second-order valence-corrected chi connectivity index (χ2v) is 10.4. The first-order chi connectivity index (χ1) is 13.6. The van der Waals surface area contributed by atoms with E-state index in [9.17, 15) is 0 Å². The fourth-order valence-electron chi connectivity index (χ4n) is 4.37. The predicted molar refractivity (Wildman–Crippen MR) is 113 cm³/mol. The maximum Gasteiger partial charge on any atom is 0.158 e. The summed E-state index contributed by atoms with van der Waals surface area (Å²) in [6, 6.07) is 0. The van der Waals surface area contributed by atoms with Gasteiger partial charge in [-0.25, -0.2) is 0 Å². The number of hydrogen-bond donors (Lipinski definition) is 0. The van der Waals surface area contributed by atoms with E-state index in [0.717, 1.165) is 56.8 Å². The van der Waals surface area contributed by atoms with Crippen LogP contribution in [0, 0.1) is 16.7 Å². The van der Waals surface area contributed by atoms with Gasteiger partial charge in [-0.2, -0.15) is 0 Å². The Balaban J connectivity index is 1.69. The van der Waals surface area contributed by atoms with Gasteiger partial charge in [-0.3, -0.25) is 0 Å². The SMILES string of the molecule is C=C(OC1=CC(OC2CCCO2)C1OC1CCCO1)C(C)(CC(C)(C)C)C(C)C. The molecule has 2 aliphatic heterocycles. The molecule has 5 heteroatoms. The van der Waals surface area contributed by atoms with Gasteiger partial charge in [0.05, 0.1) is 0 Å². The largest absolute Gasteiger partial charge is 0.463 e. The summed E-state index contributed by atoms with van der Waals surface area (Å²) in [6.45, 7) is 19.4. The maximum absolute atomic E-state index is 6.34. The molecule has 0 radical (unpaired) electrons. The number of rotatable bonds is 9. The van der Waals surface area contributed by atoms with Gasteiger partial charge in [-0.15, -0.1) is 0 Å². The van der Waals surface area contributed by atoms with E-state index in [1.165, 1.54) is 0 Å². The van der Waals surface area contributed by atoms with Gasteiger partial charge in [0, 0.05) is 31.5 Å². The molecule has 2 saturated heterocycles. The highest BCUT2D eigenvalue weighted by atomic mass is 16.7. The van der Waals surface area contributed by atoms with Gasteiger partial charge >= 0.3 is 0 Å². The third kappa shape index (κ3) is 5.63. The summed E-state index contributed by atoms with van der Waals surface area (Å²) in [5.41, 5.74) is 0.0480. The highest BCUT2D eigenvalue weighted by Gasteiger charge is 2.44. The van der Waals surface area contributed by atoms with Gasteiger partial charge in [0.1, 0.15) is 23.7 Å². The molecule has 0 aromatic carbocycles. The Morgan fingerprint density at radius 2 is 1.66 bits per heavy atom. The van der Waals surface area contributed by atoms with Crippen LogP contribution in [0.1, 0.15) is 73.6 Å². The van der Waals surface area contributed by atoms with Crippen LogP contribution in [-0.2, 0) is 23.7 Å². The van der Waals surface area contributed by atoms with Crippen molar-refractivity contribution in [2.24, 2.45) is 16.7 Å². The standard InChI is InChI=1S/C24H40O5/c1-16(2)24(7,15-23(4,5)6)17(3)27-18-14-19(28-20-10-8-12-25-20)22(18)29-21-11-9-13-26-21/h14,16,19-22H,3,8-13,15H2,1-2,4-7H3. The Labute approximate surface area is 176 Å². The lowest BCUT2D eigenvalue weighted by Gasteiger charge is -2.43. The molecule has 5 atom stereocenters. The van der Waals surface area contributed by atoms with Crippen LogP contribution < -0.4 is 0 Å². The molecule has 3 aliphatic rings. The van der Waals surface area contributed by atoms with Gasteiger partial charge < -0.3 is 23.7 Å². The number of allylic oxidation sites excluding steroid dienone is 1. The summed E-state index contributed by atoms with van der Waals surface area (Å²) in [5.74, 6) is 1.99. The zero-order valence-electron chi connectivity index (χ0n) is 19.2. The average molecular weight is 409 g/mol. The topological polar surface area (TPSA) is 46.2 Å². The molecule has 29 heavy (non-hydrogen) atoms. The van der Waals surface area contributed by atoms with Crippen molar-refractivity contribution in [2.45, 2.75) is 98.4 Å². The van der Waals surface area contributed by atoms with Crippen molar-refractivity contribution < 1.29 is 23.7 Å². The van der Waals surface area contributed by atoms with Crippen molar-refractivity contribution in [3.63, 3.8) is 0 Å². The molecule has 0 amide bonds. The first kappa shape index (κ1) is 22.8. The molecule has 3 rings (SSSR count). The molecule has 2 fully saturated rings. The van der Waals surface area contributed by atoms with Gasteiger partial charge in [0.25, 0.3) is 0 Å². The second-order valence-electron chi connectivity index (χ2n) is 10.4. The Kier molecular flexibility index (Phi) is 7.14. The summed E-state index contributed by atoms with van der Waals surface area (Å²) < 4.78 is 30.0. The summed E-state index contributed by atoms with van der Waals surface area (Å²) >= 11 is 0. The Morgan fingerprint density at radius 3 is 2.14 bits per heavy atom. The summed E-state index contributed by atoms with van der Waals surface area (Å²) in [6.07, 6.45) is 6.11. The Morgan fingerprint density at radius 1 is 1.07 bits per heavy atom. The number of hydrogen-bond acceptors (Lipinski definition) is 5. The highest BCUT2D eigenvalue weighted by Crippen LogP contribution is 2.46. The second kappa shape index (κ2) is 9.09. The first-order valence-corrected chi connectivity index (χ1v) is 11.2. The molecule has 5 nitrogen and oxygen atoms in total. The van der Waals surface area contributed by atoms with E-state index in [-0.39, 0.29) is 35.6 Å². The van der Waals surface area contributed by atoms with Crippen LogP contribution in [0.2, 0.25) is 0 Å². The zero-order chi connectivity index (χ0) is 21.2. The van der Waals surface area contributed by atoms with Crippen molar-refractivity contribution in [1.82, 2.24) is 0 Å². The van der Waals surface area contributed by atoms with Crippen LogP contribution in [0.5, 0.6) is 0 Å². The lowest BCUT2D eigenvalue weighted by molar-refractivity contribution is -0.215. The fourth-order valence-corrected chi connectivity index (χ4v) is 4.37. The van der Waals surface area contributed by atoms with Crippen LogP contribution in [0.4, 0.5) is 0 Å². The third-order valence-electron chi connectivity index (χ3n) is 6.34. The molecule has 0 aromatic rings. The molecule has 0 saturated carbocycles. The van der Waals surface area contributed by atoms with Gasteiger partial charge in [0.2, 0.25) is 0 Å². The van der Waals surface area contributed by atoms with E-state index in [2.05, 4.69) is 48.1 Å². The molecule has 2 heterocycles. The van der Waals surface area contributed by atoms with Crippen molar-refractivity contribution in [3.8, 4) is 0 Å². The van der Waals surface area contributed by atoms with E-state index in [1.807, 2.05) is 6.08 Å². The third-order valence-corrected chi connectivity index (χ3v) is 6.34. The molecule has 1 aliphatic carbocycles. The van der Waals surface area contributed by atoms with Gasteiger partial charge in [0.15, 0.2) is 12.6 Å². The normalized spacial score (nSPS) is 32.0. The van der Waals surface area contributed by atoms with Gasteiger partial charge in [-0.05, 0) is 36.7 Å². The Bertz CT molecular complexity index is 593. The molecule has 5 unspecified atom stereocenters. The lowest BCUT2D eigenvalue weighted by Crippen LogP contribution is -2.45. The molecular weight excluding hydrogens is 368 g/mol. The fraction of sp³-hybridized carbons (Fsp3) is 0.833. The quantitative estimate of drug-likeness (QED) is 0.468. The maximum atomic E-state index is 6.34. The molecule has 0 aromatic heterocycles. The average Bonchev–Trinajstić information content (AvgIpc) is 3.30. The molecule has 0 spiro atoms. The molecular formula is C24H40O5. The molecule has 0 N–H and O–H groups in total. The van der Waals surface area contributed by atoms with Crippen molar-refractivity contribution in [1.29, 1.82) is 0 Å². The van der Waals surface area contributed by atoms with Crippen molar-refractivity contribution in [2.75, 3.05) is 13.2 Å². The predicted octanol–water partition coefficient (Wildman–Crippen LogP) is 5.56. The highest BCUT2D eigenvalue weighted by molar-refractivity contribution is 5.24. The minimum atomic E-state index is -0.273. The van der Waals surface area contributed by atoms with Crippen LogP contribution in [0.3, 0.4) is 0 Å². The monoisotopic (exact) mass is 408 g/mol. The molecule has 166 valence electrons. The van der Waals surface area contributed by atoms with E-state index >= 15 is 0 Å². The summed E-state index contributed by atoms with van der Waals surface area (Å²) in [4.78, 5) is 0. The van der Waals surface area contributed by atoms with E-state index in [1.54, 1.807) is 0 Å². The minimum absolute atomic E-state index is 0.131. The van der Waals surface area contributed by atoms with Crippen molar-refractivity contribution >= 4 is 0 Å². The van der Waals surface area contributed by atoms with Crippen molar-refractivity contribution in [3.05, 3.63) is 24.2 Å². The zero-order valence-corrected chi connectivity index (χ0v) is 19.2. The molecule has 0 bridgehead atoms. The summed E-state index contributed by atoms with van der Waals surface area (Å²) in [5, 5.41) is 0. The smallest absolute Gasteiger partial charge is 0.158 e. The van der Waals surface area contributed by atoms with Crippen LogP contribution in [-0.4, -0.2) is 38.0 Å². The minimum Gasteiger partial charge on any atom is -0.463 e. The van der Waals surface area contributed by atoms with Crippen LogP contribution >= 0.6 is 0 Å². The Hall–Kier alpha value is -0.880. The van der Waals surface area contributed by atoms with E-state index < -0.39 is 0 Å². The van der Waals surface area contributed by atoms with E-state index in [0.29, 0.717) is 5.92 Å². The summed E-state index contributed by atoms with van der Waals surface area (Å²) in [7, 11) is 0. The van der Waals surface area contributed by atoms with Crippen LogP contribution in [0.25, 0.3) is 0 Å². The number of ether oxygens (including phenoxy) is 5.